The fraction of sp³-hybridized carbons (Fsp3) is 0.611. The van der Waals surface area contributed by atoms with Crippen molar-refractivity contribution in [3.8, 4) is 5.75 Å². The first-order valence-corrected chi connectivity index (χ1v) is 8.50. The minimum Gasteiger partial charge on any atom is -0.497 e. The fourth-order valence-corrected chi connectivity index (χ4v) is 3.78. The molecule has 1 heterocycles. The minimum atomic E-state index is -0.613. The first kappa shape index (κ1) is 17.0. The number of benzene rings is 1. The van der Waals surface area contributed by atoms with Crippen LogP contribution in [0.4, 0.5) is 5.69 Å². The number of methoxy groups -OCH3 is 2. The molecule has 0 unspecified atom stereocenters. The number of hydrogen-bond acceptors (Lipinski definition) is 5. The molecule has 1 saturated carbocycles. The Hall–Kier alpha value is -1.79. The molecule has 1 aromatic rings. The number of rotatable bonds is 5. The van der Waals surface area contributed by atoms with Crippen molar-refractivity contribution in [2.24, 2.45) is 0 Å². The van der Waals surface area contributed by atoms with Crippen LogP contribution in [-0.2, 0) is 9.53 Å². The molecule has 6 nitrogen and oxygen atoms in total. The van der Waals surface area contributed by atoms with Crippen molar-refractivity contribution in [3.05, 3.63) is 24.3 Å². The van der Waals surface area contributed by atoms with E-state index in [1.165, 1.54) is 0 Å². The number of aliphatic hydroxyl groups is 1. The van der Waals surface area contributed by atoms with Gasteiger partial charge in [-0.15, -0.1) is 0 Å². The van der Waals surface area contributed by atoms with Crippen LogP contribution in [0.15, 0.2) is 24.3 Å². The summed E-state index contributed by atoms with van der Waals surface area (Å²) in [5.74, 6) is 0.854. The Bertz CT molecular complexity index is 569. The quantitative estimate of drug-likeness (QED) is 0.856. The third kappa shape index (κ3) is 3.21. The largest absolute Gasteiger partial charge is 0.497 e. The minimum absolute atomic E-state index is 0.0643. The van der Waals surface area contributed by atoms with Gasteiger partial charge in [-0.2, -0.15) is 0 Å². The molecule has 6 heteroatoms. The number of carbonyl (C=O) groups excluding carboxylic acids is 1. The van der Waals surface area contributed by atoms with Crippen LogP contribution in [0.2, 0.25) is 0 Å². The van der Waals surface area contributed by atoms with Gasteiger partial charge in [-0.1, -0.05) is 12.8 Å². The van der Waals surface area contributed by atoms with E-state index in [2.05, 4.69) is 5.32 Å². The topological polar surface area (TPSA) is 71.0 Å². The van der Waals surface area contributed by atoms with E-state index in [9.17, 15) is 9.90 Å². The van der Waals surface area contributed by atoms with Crippen molar-refractivity contribution in [2.45, 2.75) is 43.4 Å². The number of aliphatic hydroxyl groups excluding tert-OH is 1. The molecule has 1 aromatic carbocycles. The number of amides is 1. The van der Waals surface area contributed by atoms with E-state index in [0.717, 1.165) is 37.1 Å². The summed E-state index contributed by atoms with van der Waals surface area (Å²) in [6.45, 7) is 0.784. The second-order valence-corrected chi connectivity index (χ2v) is 6.69. The Morgan fingerprint density at radius 2 is 1.88 bits per heavy atom. The fourth-order valence-electron chi connectivity index (χ4n) is 3.78. The SMILES string of the molecule is COc1ccc(NC2(C(=O)N3C[C@H](OC)[C@@H](O)C3)CCCC2)cc1. The normalized spacial score (nSPS) is 25.7. The highest BCUT2D eigenvalue weighted by molar-refractivity contribution is 5.90. The van der Waals surface area contributed by atoms with Crippen molar-refractivity contribution in [3.63, 3.8) is 0 Å². The van der Waals surface area contributed by atoms with Gasteiger partial charge in [0.25, 0.3) is 0 Å². The molecule has 2 atom stereocenters. The number of hydrogen-bond donors (Lipinski definition) is 2. The predicted molar refractivity (Wildman–Crippen MR) is 91.2 cm³/mol. The van der Waals surface area contributed by atoms with Gasteiger partial charge in [-0.3, -0.25) is 4.79 Å². The molecule has 3 rings (SSSR count). The summed E-state index contributed by atoms with van der Waals surface area (Å²) < 4.78 is 10.4. The zero-order valence-corrected chi connectivity index (χ0v) is 14.3. The summed E-state index contributed by atoms with van der Waals surface area (Å²) in [6.07, 6.45) is 2.76. The average molecular weight is 334 g/mol. The number of ether oxygens (including phenoxy) is 2. The van der Waals surface area contributed by atoms with Crippen LogP contribution in [0.3, 0.4) is 0 Å². The molecule has 0 spiro atoms. The summed E-state index contributed by atoms with van der Waals surface area (Å²) >= 11 is 0. The maximum absolute atomic E-state index is 13.2. The molecule has 2 fully saturated rings. The lowest BCUT2D eigenvalue weighted by molar-refractivity contribution is -0.135. The molecule has 24 heavy (non-hydrogen) atoms. The summed E-state index contributed by atoms with van der Waals surface area (Å²) in [5, 5.41) is 13.5. The lowest BCUT2D eigenvalue weighted by Gasteiger charge is -2.34. The van der Waals surface area contributed by atoms with Gasteiger partial charge >= 0.3 is 0 Å². The number of β-amino-alcohol motifs (C(OH)–C–C–N with tert-alkyl or cyclic N) is 1. The standard InChI is InChI=1S/C18H26N2O4/c1-23-14-7-5-13(6-8-14)19-18(9-3-4-10-18)17(22)20-11-15(21)16(12-20)24-2/h5-8,15-16,19,21H,3-4,9-12H2,1-2H3/t15-,16-/m0/s1. The smallest absolute Gasteiger partial charge is 0.248 e. The Kier molecular flexibility index (Phi) is 4.96. The van der Waals surface area contributed by atoms with Gasteiger partial charge in [0.05, 0.1) is 13.2 Å². The van der Waals surface area contributed by atoms with E-state index in [1.54, 1.807) is 19.1 Å². The lowest BCUT2D eigenvalue weighted by atomic mass is 9.95. The highest BCUT2D eigenvalue weighted by atomic mass is 16.5. The van der Waals surface area contributed by atoms with Crippen LogP contribution in [-0.4, -0.2) is 61.0 Å². The highest BCUT2D eigenvalue weighted by Crippen LogP contribution is 2.36. The van der Waals surface area contributed by atoms with Gasteiger partial charge in [-0.25, -0.2) is 0 Å². The zero-order chi connectivity index (χ0) is 17.2. The van der Waals surface area contributed by atoms with Crippen molar-refractivity contribution in [2.75, 3.05) is 32.6 Å². The number of carbonyl (C=O) groups is 1. The van der Waals surface area contributed by atoms with Crippen LogP contribution in [0.25, 0.3) is 0 Å². The molecule has 132 valence electrons. The number of likely N-dealkylation sites (tertiary alicyclic amines) is 1. The highest BCUT2D eigenvalue weighted by Gasteiger charge is 2.46. The maximum atomic E-state index is 13.2. The number of anilines is 1. The van der Waals surface area contributed by atoms with Gasteiger partial charge in [0, 0.05) is 25.9 Å². The molecule has 2 N–H and O–H groups in total. The van der Waals surface area contributed by atoms with Crippen LogP contribution < -0.4 is 10.1 Å². The molecule has 1 aliphatic heterocycles. The van der Waals surface area contributed by atoms with Gasteiger partial charge in [0.1, 0.15) is 17.4 Å². The molecule has 0 bridgehead atoms. The molecule has 1 amide bonds. The van der Waals surface area contributed by atoms with E-state index >= 15 is 0 Å². The molecule has 0 aromatic heterocycles. The maximum Gasteiger partial charge on any atom is 0.248 e. The predicted octanol–water partition coefficient (Wildman–Crippen LogP) is 1.64. The van der Waals surface area contributed by atoms with Gasteiger partial charge in [0.2, 0.25) is 5.91 Å². The lowest BCUT2D eigenvalue weighted by Crippen LogP contribution is -2.52. The van der Waals surface area contributed by atoms with Crippen LogP contribution in [0.1, 0.15) is 25.7 Å². The first-order chi connectivity index (χ1) is 11.6. The van der Waals surface area contributed by atoms with E-state index < -0.39 is 11.6 Å². The molecule has 1 aliphatic carbocycles. The van der Waals surface area contributed by atoms with Crippen molar-refractivity contribution < 1.29 is 19.4 Å². The summed E-state index contributed by atoms with van der Waals surface area (Å²) in [4.78, 5) is 14.9. The zero-order valence-electron chi connectivity index (χ0n) is 14.3. The molecular formula is C18H26N2O4. The first-order valence-electron chi connectivity index (χ1n) is 8.50. The second kappa shape index (κ2) is 6.99. The Labute approximate surface area is 142 Å². The van der Waals surface area contributed by atoms with E-state index in [1.807, 2.05) is 24.3 Å². The summed E-state index contributed by atoms with van der Waals surface area (Å²) in [7, 11) is 3.21. The third-order valence-corrected chi connectivity index (χ3v) is 5.17. The van der Waals surface area contributed by atoms with E-state index in [-0.39, 0.29) is 12.0 Å². The van der Waals surface area contributed by atoms with Crippen LogP contribution in [0, 0.1) is 0 Å². The van der Waals surface area contributed by atoms with Crippen molar-refractivity contribution in [1.82, 2.24) is 4.90 Å². The number of nitrogens with zero attached hydrogens (tertiary/aromatic N) is 1. The molecule has 0 radical (unpaired) electrons. The van der Waals surface area contributed by atoms with Crippen LogP contribution >= 0.6 is 0 Å². The van der Waals surface area contributed by atoms with Crippen molar-refractivity contribution >= 4 is 11.6 Å². The van der Waals surface area contributed by atoms with E-state index in [4.69, 9.17) is 9.47 Å². The number of nitrogens with one attached hydrogen (secondary N) is 1. The average Bonchev–Trinajstić information content (AvgIpc) is 3.22. The summed E-state index contributed by atoms with van der Waals surface area (Å²) in [6, 6.07) is 7.64. The van der Waals surface area contributed by atoms with Crippen molar-refractivity contribution in [1.29, 1.82) is 0 Å². The molecule has 1 saturated heterocycles. The summed E-state index contributed by atoms with van der Waals surface area (Å²) in [5.41, 5.74) is 0.325. The third-order valence-electron chi connectivity index (χ3n) is 5.17. The Morgan fingerprint density at radius 3 is 2.42 bits per heavy atom. The second-order valence-electron chi connectivity index (χ2n) is 6.69. The Morgan fingerprint density at radius 1 is 1.21 bits per heavy atom. The van der Waals surface area contributed by atoms with Gasteiger partial charge in [0.15, 0.2) is 0 Å². The monoisotopic (exact) mass is 334 g/mol. The van der Waals surface area contributed by atoms with Gasteiger partial charge in [-0.05, 0) is 37.1 Å². The Balaban J connectivity index is 1.76. The molecule has 2 aliphatic rings. The van der Waals surface area contributed by atoms with Crippen LogP contribution in [0.5, 0.6) is 5.75 Å². The van der Waals surface area contributed by atoms with E-state index in [0.29, 0.717) is 13.1 Å². The van der Waals surface area contributed by atoms with Gasteiger partial charge < -0.3 is 24.8 Å². The molecular weight excluding hydrogens is 308 g/mol.